The summed E-state index contributed by atoms with van der Waals surface area (Å²) in [5, 5.41) is 24.1. The molecular formula is C17H19N2O4-. The molecule has 0 saturated heterocycles. The third-order valence-electron chi connectivity index (χ3n) is 4.15. The minimum absolute atomic E-state index is 0.0912. The van der Waals surface area contributed by atoms with Crippen molar-refractivity contribution in [3.8, 4) is 11.5 Å². The summed E-state index contributed by atoms with van der Waals surface area (Å²) in [5.74, 6) is 1.33. The predicted molar refractivity (Wildman–Crippen MR) is 87.2 cm³/mol. The molecular weight excluding hydrogens is 296 g/mol. The van der Waals surface area contributed by atoms with E-state index in [-0.39, 0.29) is 17.0 Å². The van der Waals surface area contributed by atoms with Gasteiger partial charge in [-0.05, 0) is 41.3 Å². The van der Waals surface area contributed by atoms with Gasteiger partial charge >= 0.3 is 0 Å². The lowest BCUT2D eigenvalue weighted by Crippen LogP contribution is -2.31. The van der Waals surface area contributed by atoms with Gasteiger partial charge in [0.1, 0.15) is 0 Å². The minimum atomic E-state index is -0.196. The van der Waals surface area contributed by atoms with Crippen molar-refractivity contribution < 1.29 is 14.7 Å². The van der Waals surface area contributed by atoms with Crippen LogP contribution in [0.2, 0.25) is 0 Å². The Balaban J connectivity index is 2.12. The highest BCUT2D eigenvalue weighted by Gasteiger charge is 2.25. The Kier molecular flexibility index (Phi) is 4.38. The van der Waals surface area contributed by atoms with Crippen LogP contribution in [0.1, 0.15) is 22.7 Å². The van der Waals surface area contributed by atoms with Crippen LogP contribution in [0.4, 0.5) is 5.69 Å². The molecule has 2 N–H and O–H groups in total. The summed E-state index contributed by atoms with van der Waals surface area (Å²) in [5.41, 5.74) is 3.10. The van der Waals surface area contributed by atoms with E-state index in [2.05, 4.69) is 5.32 Å². The second-order valence-electron chi connectivity index (χ2n) is 5.37. The predicted octanol–water partition coefficient (Wildman–Crippen LogP) is 2.63. The van der Waals surface area contributed by atoms with E-state index in [4.69, 9.17) is 9.47 Å². The highest BCUT2D eigenvalue weighted by atomic mass is 16.8. The van der Waals surface area contributed by atoms with Crippen LogP contribution in [0.15, 0.2) is 36.4 Å². The average Bonchev–Trinajstić information content (AvgIpc) is 2.59. The molecule has 3 rings (SSSR count). The van der Waals surface area contributed by atoms with Crippen LogP contribution in [0.25, 0.3) is 0 Å². The molecule has 0 fully saturated rings. The molecule has 0 saturated carbocycles. The van der Waals surface area contributed by atoms with Gasteiger partial charge < -0.3 is 25.2 Å². The molecule has 0 bridgehead atoms. The number of rotatable bonds is 4. The SMILES string of the molecule is COc1cc2c(cc1OC)[C@@H](c1ccccc1N([O-])O)NCC2. The fourth-order valence-electron chi connectivity index (χ4n) is 3.07. The van der Waals surface area contributed by atoms with E-state index in [9.17, 15) is 10.4 Å². The smallest absolute Gasteiger partial charge is 0.161 e. The molecule has 6 heteroatoms. The molecule has 2 aromatic rings. The molecule has 1 aliphatic rings. The van der Waals surface area contributed by atoms with Gasteiger partial charge in [0.25, 0.3) is 0 Å². The van der Waals surface area contributed by atoms with Gasteiger partial charge in [-0.3, -0.25) is 5.21 Å². The van der Waals surface area contributed by atoms with Crippen LogP contribution in [-0.2, 0) is 6.42 Å². The van der Waals surface area contributed by atoms with E-state index >= 15 is 0 Å². The third kappa shape index (κ3) is 2.84. The van der Waals surface area contributed by atoms with Crippen LogP contribution in [0.5, 0.6) is 11.5 Å². The number of nitrogens with one attached hydrogen (secondary N) is 1. The monoisotopic (exact) mass is 315 g/mol. The molecule has 23 heavy (non-hydrogen) atoms. The lowest BCUT2D eigenvalue weighted by atomic mass is 9.88. The quantitative estimate of drug-likeness (QED) is 0.845. The summed E-state index contributed by atoms with van der Waals surface area (Å²) in [6.07, 6.45) is 0.856. The molecule has 0 aliphatic carbocycles. The molecule has 6 nitrogen and oxygen atoms in total. The summed E-state index contributed by atoms with van der Waals surface area (Å²) < 4.78 is 10.8. The van der Waals surface area contributed by atoms with Crippen molar-refractivity contribution in [3.05, 3.63) is 58.3 Å². The van der Waals surface area contributed by atoms with E-state index in [1.807, 2.05) is 24.3 Å². The second-order valence-corrected chi connectivity index (χ2v) is 5.37. The van der Waals surface area contributed by atoms with Crippen molar-refractivity contribution in [2.45, 2.75) is 12.5 Å². The Morgan fingerprint density at radius 2 is 1.83 bits per heavy atom. The molecule has 0 aromatic heterocycles. The standard InChI is InChI=1S/C17H19N2O4/c1-22-15-9-11-7-8-18-17(13(11)10-16(15)23-2)12-5-3-4-6-14(12)19(20)21/h3-6,9-10,17-18,20H,7-8H2,1-2H3/q-1/t17-/m1/s1. The zero-order valence-electron chi connectivity index (χ0n) is 13.1. The highest BCUT2D eigenvalue weighted by Crippen LogP contribution is 2.39. The van der Waals surface area contributed by atoms with Crippen molar-refractivity contribution in [1.82, 2.24) is 5.32 Å². The van der Waals surface area contributed by atoms with Gasteiger partial charge in [-0.25, -0.2) is 0 Å². The van der Waals surface area contributed by atoms with Gasteiger partial charge in [0.15, 0.2) is 11.5 Å². The summed E-state index contributed by atoms with van der Waals surface area (Å²) in [7, 11) is 3.20. The molecule has 0 spiro atoms. The Morgan fingerprint density at radius 1 is 1.13 bits per heavy atom. The van der Waals surface area contributed by atoms with Crippen molar-refractivity contribution in [1.29, 1.82) is 0 Å². The van der Waals surface area contributed by atoms with Crippen molar-refractivity contribution >= 4 is 5.69 Å². The average molecular weight is 315 g/mol. The Morgan fingerprint density at radius 3 is 2.52 bits per heavy atom. The normalized spacial score (nSPS) is 16.6. The Bertz CT molecular complexity index is 703. The second kappa shape index (κ2) is 6.45. The first kappa shape index (κ1) is 15.6. The zero-order valence-corrected chi connectivity index (χ0v) is 13.1. The van der Waals surface area contributed by atoms with E-state index in [0.29, 0.717) is 11.5 Å². The summed E-state index contributed by atoms with van der Waals surface area (Å²) in [4.78, 5) is 0. The number of ether oxygens (including phenoxy) is 2. The van der Waals surface area contributed by atoms with Gasteiger partial charge in [0.05, 0.1) is 25.9 Å². The summed E-state index contributed by atoms with van der Waals surface area (Å²) in [6.45, 7) is 0.770. The molecule has 0 radical (unpaired) electrons. The molecule has 1 aliphatic heterocycles. The largest absolute Gasteiger partial charge is 0.733 e. The van der Waals surface area contributed by atoms with Crippen LogP contribution < -0.4 is 20.0 Å². The van der Waals surface area contributed by atoms with Gasteiger partial charge in [-0.2, -0.15) is 0 Å². The molecule has 122 valence electrons. The van der Waals surface area contributed by atoms with Crippen LogP contribution in [0, 0.1) is 5.21 Å². The lowest BCUT2D eigenvalue weighted by Gasteiger charge is -2.32. The van der Waals surface area contributed by atoms with Gasteiger partial charge in [-0.15, -0.1) is 0 Å². The fourth-order valence-corrected chi connectivity index (χ4v) is 3.07. The fraction of sp³-hybridized carbons (Fsp3) is 0.294. The third-order valence-corrected chi connectivity index (χ3v) is 4.15. The maximum atomic E-state index is 11.4. The van der Waals surface area contributed by atoms with Gasteiger partial charge in [0, 0.05) is 6.54 Å². The number of fused-ring (bicyclic) bond motifs is 1. The molecule has 0 unspecified atom stereocenters. The van der Waals surface area contributed by atoms with Crippen molar-refractivity contribution in [2.75, 3.05) is 26.0 Å². The van der Waals surface area contributed by atoms with E-state index in [0.717, 1.165) is 29.7 Å². The number of methoxy groups -OCH3 is 2. The highest BCUT2D eigenvalue weighted by molar-refractivity contribution is 5.59. The minimum Gasteiger partial charge on any atom is -0.733 e. The van der Waals surface area contributed by atoms with Crippen molar-refractivity contribution in [2.24, 2.45) is 0 Å². The van der Waals surface area contributed by atoms with E-state index in [1.165, 1.54) is 0 Å². The number of anilines is 1. The van der Waals surface area contributed by atoms with E-state index < -0.39 is 0 Å². The van der Waals surface area contributed by atoms with Gasteiger partial charge in [0.2, 0.25) is 0 Å². The Hall–Kier alpha value is -2.28. The molecule has 2 aromatic carbocycles. The first-order valence-corrected chi connectivity index (χ1v) is 7.39. The van der Waals surface area contributed by atoms with Crippen molar-refractivity contribution in [3.63, 3.8) is 0 Å². The molecule has 1 heterocycles. The Labute approximate surface area is 134 Å². The maximum absolute atomic E-state index is 11.4. The molecule has 0 amide bonds. The zero-order chi connectivity index (χ0) is 16.4. The number of benzene rings is 2. The van der Waals surface area contributed by atoms with Crippen LogP contribution in [-0.4, -0.2) is 26.0 Å². The summed E-state index contributed by atoms with van der Waals surface area (Å²) >= 11 is 0. The number of hydrogen-bond acceptors (Lipinski definition) is 6. The first-order valence-electron chi connectivity index (χ1n) is 7.39. The number of nitrogens with zero attached hydrogens (tertiary/aromatic N) is 1. The van der Waals surface area contributed by atoms with Crippen LogP contribution >= 0.6 is 0 Å². The van der Waals surface area contributed by atoms with Gasteiger partial charge in [-0.1, -0.05) is 18.2 Å². The maximum Gasteiger partial charge on any atom is 0.161 e. The number of para-hydroxylation sites is 1. The molecule has 1 atom stereocenters. The lowest BCUT2D eigenvalue weighted by molar-refractivity contribution is 0.295. The van der Waals surface area contributed by atoms with Crippen LogP contribution in [0.3, 0.4) is 0 Å². The number of hydrogen-bond donors (Lipinski definition) is 2. The first-order chi connectivity index (χ1) is 11.2. The topological polar surface area (TPSA) is 77.0 Å². The van der Waals surface area contributed by atoms with E-state index in [1.54, 1.807) is 26.4 Å². The summed E-state index contributed by atoms with van der Waals surface area (Å²) in [6, 6.07) is 10.7.